The van der Waals surface area contributed by atoms with Crippen LogP contribution in [0.3, 0.4) is 0 Å². The second kappa shape index (κ2) is 5.61. The summed E-state index contributed by atoms with van der Waals surface area (Å²) >= 11 is 0. The van der Waals surface area contributed by atoms with E-state index in [-0.39, 0.29) is 5.78 Å². The van der Waals surface area contributed by atoms with Crippen LogP contribution in [-0.4, -0.2) is 15.6 Å². The molecular weight excluding hydrogens is 248 g/mol. The van der Waals surface area contributed by atoms with E-state index >= 15 is 0 Å². The van der Waals surface area contributed by atoms with Crippen LogP contribution in [0, 0.1) is 0 Å². The molecule has 0 saturated heterocycles. The Morgan fingerprint density at radius 1 is 1.15 bits per heavy atom. The highest BCUT2D eigenvalue weighted by Crippen LogP contribution is 2.24. The van der Waals surface area contributed by atoms with Crippen molar-refractivity contribution in [1.29, 1.82) is 0 Å². The van der Waals surface area contributed by atoms with Gasteiger partial charge in [0.05, 0.1) is 5.52 Å². The molecule has 1 heterocycles. The van der Waals surface area contributed by atoms with Crippen molar-refractivity contribution in [1.82, 2.24) is 9.78 Å². The Bertz CT molecular complexity index is 667. The number of benzene rings is 1. The van der Waals surface area contributed by atoms with E-state index in [1.165, 1.54) is 19.3 Å². The molecule has 1 aliphatic carbocycles. The average molecular weight is 268 g/mol. The van der Waals surface area contributed by atoms with Gasteiger partial charge in [-0.2, -0.15) is 5.10 Å². The van der Waals surface area contributed by atoms with E-state index < -0.39 is 0 Å². The van der Waals surface area contributed by atoms with Crippen LogP contribution in [0.5, 0.6) is 0 Å². The number of ketones is 1. The Hall–Kier alpha value is -1.90. The fourth-order valence-electron chi connectivity index (χ4n) is 2.93. The van der Waals surface area contributed by atoms with E-state index in [1.54, 1.807) is 4.68 Å². The number of hydrogen-bond acceptors (Lipinski definition) is 2. The summed E-state index contributed by atoms with van der Waals surface area (Å²) in [6.07, 6.45) is 8.86. The van der Waals surface area contributed by atoms with Gasteiger partial charge in [0.15, 0.2) is 0 Å². The molecule has 0 bridgehead atoms. The van der Waals surface area contributed by atoms with Gasteiger partial charge in [0.2, 0.25) is 5.78 Å². The number of para-hydroxylation sites is 1. The molecule has 3 rings (SSSR count). The third kappa shape index (κ3) is 2.40. The molecular formula is C17H20N2O. The van der Waals surface area contributed by atoms with E-state index in [0.717, 1.165) is 35.7 Å². The third-order valence-corrected chi connectivity index (χ3v) is 4.06. The summed E-state index contributed by atoms with van der Waals surface area (Å²) in [6.45, 7) is 0. The van der Waals surface area contributed by atoms with Crippen molar-refractivity contribution in [3.05, 3.63) is 41.6 Å². The molecule has 1 aromatic heterocycles. The number of nitrogens with zero attached hydrogens (tertiary/aromatic N) is 2. The minimum Gasteiger partial charge on any atom is -0.287 e. The zero-order valence-corrected chi connectivity index (χ0v) is 11.9. The van der Waals surface area contributed by atoms with Gasteiger partial charge in [-0.05, 0) is 37.3 Å². The number of carbonyl (C=O) groups excluding carboxylic acids is 1. The standard InChI is InChI=1S/C17H20N2O/c1-19-15-12-8-7-11-14(15)16(18-19)17(20)13-9-5-3-2-4-6-10-13/h7-9,11-12H,2-6,10H2,1H3/b13-9+. The van der Waals surface area contributed by atoms with E-state index in [4.69, 9.17) is 0 Å². The molecule has 3 heteroatoms. The number of carbonyl (C=O) groups is 1. The van der Waals surface area contributed by atoms with Crippen molar-refractivity contribution in [2.45, 2.75) is 38.5 Å². The van der Waals surface area contributed by atoms with E-state index in [0.29, 0.717) is 5.69 Å². The van der Waals surface area contributed by atoms with E-state index in [2.05, 4.69) is 11.2 Å². The molecule has 0 N–H and O–H groups in total. The Morgan fingerprint density at radius 2 is 1.95 bits per heavy atom. The molecule has 0 radical (unpaired) electrons. The van der Waals surface area contributed by atoms with Crippen LogP contribution in [0.25, 0.3) is 10.9 Å². The summed E-state index contributed by atoms with van der Waals surface area (Å²) in [7, 11) is 1.89. The lowest BCUT2D eigenvalue weighted by Crippen LogP contribution is -2.07. The van der Waals surface area contributed by atoms with Crippen LogP contribution in [0.1, 0.15) is 49.0 Å². The summed E-state index contributed by atoms with van der Waals surface area (Å²) in [5, 5.41) is 5.41. The molecule has 3 nitrogen and oxygen atoms in total. The highest BCUT2D eigenvalue weighted by Gasteiger charge is 2.19. The molecule has 1 aliphatic rings. The van der Waals surface area contributed by atoms with Crippen LogP contribution < -0.4 is 0 Å². The Balaban J connectivity index is 1.99. The number of allylic oxidation sites excluding steroid dienone is 2. The van der Waals surface area contributed by atoms with Crippen LogP contribution in [0.4, 0.5) is 0 Å². The first-order valence-electron chi connectivity index (χ1n) is 7.43. The van der Waals surface area contributed by atoms with Crippen molar-refractivity contribution in [2.24, 2.45) is 7.05 Å². The molecule has 0 saturated carbocycles. The zero-order chi connectivity index (χ0) is 13.9. The van der Waals surface area contributed by atoms with Gasteiger partial charge in [0.1, 0.15) is 5.69 Å². The maximum atomic E-state index is 12.7. The van der Waals surface area contributed by atoms with Crippen molar-refractivity contribution in [2.75, 3.05) is 0 Å². The first-order valence-corrected chi connectivity index (χ1v) is 7.43. The summed E-state index contributed by atoms with van der Waals surface area (Å²) in [5.41, 5.74) is 2.57. The smallest absolute Gasteiger partial charge is 0.209 e. The Labute approximate surface area is 119 Å². The summed E-state index contributed by atoms with van der Waals surface area (Å²) in [4.78, 5) is 12.7. The second-order valence-corrected chi connectivity index (χ2v) is 5.50. The van der Waals surface area contributed by atoms with Crippen molar-refractivity contribution < 1.29 is 4.79 Å². The molecule has 0 spiro atoms. The molecule has 2 aromatic rings. The fourth-order valence-corrected chi connectivity index (χ4v) is 2.93. The van der Waals surface area contributed by atoms with Crippen LogP contribution in [0.2, 0.25) is 0 Å². The first-order chi connectivity index (χ1) is 9.77. The lowest BCUT2D eigenvalue weighted by molar-refractivity contribution is 0.102. The van der Waals surface area contributed by atoms with Gasteiger partial charge in [-0.1, -0.05) is 37.1 Å². The van der Waals surface area contributed by atoms with Crippen molar-refractivity contribution in [3.63, 3.8) is 0 Å². The number of Topliss-reactive ketones (excluding diaryl/α,β-unsaturated/α-hetero) is 1. The van der Waals surface area contributed by atoms with Gasteiger partial charge in [-0.25, -0.2) is 0 Å². The quantitative estimate of drug-likeness (QED) is 0.770. The molecule has 0 unspecified atom stereocenters. The van der Waals surface area contributed by atoms with Gasteiger partial charge < -0.3 is 0 Å². The largest absolute Gasteiger partial charge is 0.287 e. The predicted molar refractivity (Wildman–Crippen MR) is 80.8 cm³/mol. The summed E-state index contributed by atoms with van der Waals surface area (Å²) in [5.74, 6) is 0.115. The zero-order valence-electron chi connectivity index (χ0n) is 11.9. The maximum Gasteiger partial charge on any atom is 0.209 e. The number of aromatic nitrogens is 2. The van der Waals surface area contributed by atoms with Crippen molar-refractivity contribution >= 4 is 16.7 Å². The van der Waals surface area contributed by atoms with E-state index in [9.17, 15) is 4.79 Å². The maximum absolute atomic E-state index is 12.7. The van der Waals surface area contributed by atoms with Gasteiger partial charge in [0, 0.05) is 12.4 Å². The Morgan fingerprint density at radius 3 is 2.85 bits per heavy atom. The third-order valence-electron chi connectivity index (χ3n) is 4.06. The molecule has 20 heavy (non-hydrogen) atoms. The molecule has 104 valence electrons. The SMILES string of the molecule is Cn1nc(C(=O)/C2=C/CCCCCC2)c2ccccc21. The fraction of sp³-hybridized carbons (Fsp3) is 0.412. The summed E-state index contributed by atoms with van der Waals surface area (Å²) < 4.78 is 1.80. The van der Waals surface area contributed by atoms with E-state index in [1.807, 2.05) is 31.3 Å². The second-order valence-electron chi connectivity index (χ2n) is 5.50. The van der Waals surface area contributed by atoms with Gasteiger partial charge in [-0.15, -0.1) is 0 Å². The number of fused-ring (bicyclic) bond motifs is 1. The van der Waals surface area contributed by atoms with Crippen molar-refractivity contribution in [3.8, 4) is 0 Å². The predicted octanol–water partition coefficient (Wildman–Crippen LogP) is 4.04. The average Bonchev–Trinajstić information content (AvgIpc) is 2.76. The van der Waals surface area contributed by atoms with Crippen LogP contribution >= 0.6 is 0 Å². The van der Waals surface area contributed by atoms with Gasteiger partial charge >= 0.3 is 0 Å². The minimum absolute atomic E-state index is 0.115. The molecule has 0 fully saturated rings. The Kier molecular flexibility index (Phi) is 3.68. The lowest BCUT2D eigenvalue weighted by Gasteiger charge is -2.09. The monoisotopic (exact) mass is 268 g/mol. The number of rotatable bonds is 2. The highest BCUT2D eigenvalue weighted by atomic mass is 16.1. The van der Waals surface area contributed by atoms with Crippen LogP contribution in [-0.2, 0) is 7.05 Å². The normalized spacial score (nSPS) is 19.1. The first kappa shape index (κ1) is 13.1. The highest BCUT2D eigenvalue weighted by molar-refractivity contribution is 6.14. The molecule has 0 amide bonds. The number of aryl methyl sites for hydroxylation is 1. The lowest BCUT2D eigenvalue weighted by atomic mass is 9.95. The van der Waals surface area contributed by atoms with Gasteiger partial charge in [0.25, 0.3) is 0 Å². The molecule has 0 aliphatic heterocycles. The molecule has 0 atom stereocenters. The van der Waals surface area contributed by atoms with Crippen LogP contribution in [0.15, 0.2) is 35.9 Å². The topological polar surface area (TPSA) is 34.9 Å². The summed E-state index contributed by atoms with van der Waals surface area (Å²) in [6, 6.07) is 7.94. The number of hydrogen-bond donors (Lipinski definition) is 0. The van der Waals surface area contributed by atoms with Gasteiger partial charge in [-0.3, -0.25) is 9.48 Å². The minimum atomic E-state index is 0.115. The molecule has 1 aromatic carbocycles.